The van der Waals surface area contributed by atoms with Gasteiger partial charge in [0.25, 0.3) is 5.91 Å². The Morgan fingerprint density at radius 3 is 3.00 bits per heavy atom. The van der Waals surface area contributed by atoms with E-state index in [-0.39, 0.29) is 5.91 Å². The van der Waals surface area contributed by atoms with Crippen molar-refractivity contribution in [2.75, 3.05) is 7.05 Å². The second kappa shape index (κ2) is 2.94. The Balaban J connectivity index is 2.57. The molecule has 1 aromatic heterocycles. The number of allylic oxidation sites excluding steroid dienone is 1. The summed E-state index contributed by atoms with van der Waals surface area (Å²) in [5, 5.41) is 0. The van der Waals surface area contributed by atoms with Gasteiger partial charge in [0.05, 0.1) is 0 Å². The van der Waals surface area contributed by atoms with Gasteiger partial charge in [-0.15, -0.1) is 0 Å². The third-order valence-electron chi connectivity index (χ3n) is 2.53. The number of aromatic nitrogens is 1. The molecule has 0 unspecified atom stereocenters. The summed E-state index contributed by atoms with van der Waals surface area (Å²) in [6.07, 6.45) is 2.48. The molecule has 0 spiro atoms. The Kier molecular flexibility index (Phi) is 1.88. The maximum atomic E-state index is 11.8. The minimum atomic E-state index is 0.0155. The lowest BCUT2D eigenvalue weighted by molar-refractivity contribution is 0.0823. The summed E-state index contributed by atoms with van der Waals surface area (Å²) in [7, 11) is 1.75. The molecule has 0 N–H and O–H groups in total. The van der Waals surface area contributed by atoms with E-state index >= 15 is 0 Å². The quantitative estimate of drug-likeness (QED) is 0.618. The summed E-state index contributed by atoms with van der Waals surface area (Å²) >= 11 is 0. The minimum absolute atomic E-state index is 0.0155. The van der Waals surface area contributed by atoms with Crippen LogP contribution in [0, 0.1) is 6.92 Å². The van der Waals surface area contributed by atoms with Gasteiger partial charge in [0.1, 0.15) is 0 Å². The fraction of sp³-hybridized carbons (Fsp3) is 0.273. The third-order valence-corrected chi connectivity index (χ3v) is 2.53. The maximum absolute atomic E-state index is 11.8. The summed E-state index contributed by atoms with van der Waals surface area (Å²) in [6.45, 7) is 5.73. The van der Waals surface area contributed by atoms with Crippen LogP contribution in [0.15, 0.2) is 24.5 Å². The Hall–Kier alpha value is -1.64. The van der Waals surface area contributed by atoms with Gasteiger partial charge in [-0.05, 0) is 18.6 Å². The average Bonchev–Trinajstić information content (AvgIpc) is 2.16. The van der Waals surface area contributed by atoms with Gasteiger partial charge in [-0.3, -0.25) is 9.78 Å². The van der Waals surface area contributed by atoms with E-state index in [0.717, 1.165) is 22.5 Å². The molecule has 0 saturated carbocycles. The van der Waals surface area contributed by atoms with Crippen molar-refractivity contribution in [2.45, 2.75) is 13.3 Å². The van der Waals surface area contributed by atoms with Crippen molar-refractivity contribution in [2.24, 2.45) is 0 Å². The lowest BCUT2D eigenvalue weighted by atomic mass is 9.99. The highest BCUT2D eigenvalue weighted by Crippen LogP contribution is 2.22. The van der Waals surface area contributed by atoms with Crippen molar-refractivity contribution < 1.29 is 4.79 Å². The number of aryl methyl sites for hydroxylation is 1. The second-order valence-corrected chi connectivity index (χ2v) is 3.59. The van der Waals surface area contributed by atoms with Crippen LogP contribution < -0.4 is 0 Å². The fourth-order valence-electron chi connectivity index (χ4n) is 1.59. The molecule has 2 rings (SSSR count). The number of nitrogens with zero attached hydrogens (tertiary/aromatic N) is 2. The van der Waals surface area contributed by atoms with Crippen LogP contribution in [-0.2, 0) is 6.42 Å². The molecule has 3 heteroatoms. The van der Waals surface area contributed by atoms with Crippen LogP contribution in [0.25, 0.3) is 0 Å². The van der Waals surface area contributed by atoms with E-state index in [0.29, 0.717) is 6.42 Å². The van der Waals surface area contributed by atoms with Crippen molar-refractivity contribution in [1.82, 2.24) is 9.88 Å². The van der Waals surface area contributed by atoms with Crippen LogP contribution in [0.2, 0.25) is 0 Å². The van der Waals surface area contributed by atoms with Gasteiger partial charge in [0, 0.05) is 36.6 Å². The smallest absolute Gasteiger partial charge is 0.258 e. The first kappa shape index (κ1) is 8.94. The van der Waals surface area contributed by atoms with Crippen LogP contribution in [-0.4, -0.2) is 22.8 Å². The largest absolute Gasteiger partial charge is 0.315 e. The zero-order valence-corrected chi connectivity index (χ0v) is 8.37. The summed E-state index contributed by atoms with van der Waals surface area (Å²) in [4.78, 5) is 17.6. The van der Waals surface area contributed by atoms with Crippen LogP contribution in [0.4, 0.5) is 0 Å². The molecule has 3 nitrogen and oxygen atoms in total. The van der Waals surface area contributed by atoms with Crippen molar-refractivity contribution in [3.63, 3.8) is 0 Å². The number of carbonyl (C=O) groups excluding carboxylic acids is 1. The average molecular weight is 188 g/mol. The topological polar surface area (TPSA) is 33.2 Å². The van der Waals surface area contributed by atoms with Crippen LogP contribution in [0.5, 0.6) is 0 Å². The predicted molar refractivity (Wildman–Crippen MR) is 53.9 cm³/mol. The molecule has 1 amide bonds. The van der Waals surface area contributed by atoms with E-state index in [4.69, 9.17) is 0 Å². The van der Waals surface area contributed by atoms with Crippen LogP contribution in [0.1, 0.15) is 21.6 Å². The van der Waals surface area contributed by atoms with Gasteiger partial charge in [-0.2, -0.15) is 0 Å². The van der Waals surface area contributed by atoms with Crippen LogP contribution in [0.3, 0.4) is 0 Å². The monoisotopic (exact) mass is 188 g/mol. The number of fused-ring (bicyclic) bond motifs is 1. The second-order valence-electron chi connectivity index (χ2n) is 3.59. The lowest BCUT2D eigenvalue weighted by Gasteiger charge is -2.26. The predicted octanol–water partition coefficient (Wildman–Crippen LogP) is 1.53. The molecule has 0 saturated heterocycles. The van der Waals surface area contributed by atoms with Gasteiger partial charge in [-0.25, -0.2) is 0 Å². The molecule has 0 aliphatic carbocycles. The third kappa shape index (κ3) is 1.21. The molecule has 14 heavy (non-hydrogen) atoms. The van der Waals surface area contributed by atoms with Gasteiger partial charge < -0.3 is 4.90 Å². The van der Waals surface area contributed by atoms with E-state index < -0.39 is 0 Å². The van der Waals surface area contributed by atoms with Gasteiger partial charge in [0.2, 0.25) is 0 Å². The van der Waals surface area contributed by atoms with Gasteiger partial charge in [0.15, 0.2) is 0 Å². The van der Waals surface area contributed by atoms with Crippen LogP contribution >= 0.6 is 0 Å². The number of hydrogen-bond donors (Lipinski definition) is 0. The first-order valence-corrected chi connectivity index (χ1v) is 4.51. The fourth-order valence-corrected chi connectivity index (χ4v) is 1.59. The molecule has 1 aliphatic rings. The Morgan fingerprint density at radius 1 is 1.57 bits per heavy atom. The number of rotatable bonds is 0. The molecule has 0 fully saturated rings. The number of amides is 1. The van der Waals surface area contributed by atoms with E-state index in [1.54, 1.807) is 18.1 Å². The molecule has 1 aliphatic heterocycles. The maximum Gasteiger partial charge on any atom is 0.258 e. The van der Waals surface area contributed by atoms with Crippen molar-refractivity contribution in [3.05, 3.63) is 41.4 Å². The highest BCUT2D eigenvalue weighted by Gasteiger charge is 2.24. The van der Waals surface area contributed by atoms with Crippen molar-refractivity contribution >= 4 is 5.91 Å². The lowest BCUT2D eigenvalue weighted by Crippen LogP contribution is -2.32. The normalized spacial score (nSPS) is 15.7. The number of pyridine rings is 1. The zero-order valence-electron chi connectivity index (χ0n) is 8.37. The van der Waals surface area contributed by atoms with E-state index in [2.05, 4.69) is 11.6 Å². The van der Waals surface area contributed by atoms with E-state index in [9.17, 15) is 4.79 Å². The Labute approximate surface area is 83.1 Å². The highest BCUT2D eigenvalue weighted by atomic mass is 16.2. The SMILES string of the molecule is C=C1Cc2cnc(C)cc2C(=O)N1C. The molecule has 0 atom stereocenters. The summed E-state index contributed by atoms with van der Waals surface area (Å²) in [6, 6.07) is 1.83. The zero-order chi connectivity index (χ0) is 10.3. The Bertz CT molecular complexity index is 423. The molecule has 72 valence electrons. The van der Waals surface area contributed by atoms with Crippen molar-refractivity contribution in [1.29, 1.82) is 0 Å². The molecule has 2 heterocycles. The Morgan fingerprint density at radius 2 is 2.29 bits per heavy atom. The number of hydrogen-bond acceptors (Lipinski definition) is 2. The summed E-state index contributed by atoms with van der Waals surface area (Å²) in [5.41, 5.74) is 3.43. The highest BCUT2D eigenvalue weighted by molar-refractivity contribution is 5.98. The number of likely N-dealkylation sites (N-methyl/N-ethyl adjacent to an activating group) is 1. The number of carbonyl (C=O) groups is 1. The van der Waals surface area contributed by atoms with Gasteiger partial charge in [-0.1, -0.05) is 6.58 Å². The van der Waals surface area contributed by atoms with E-state index in [1.807, 2.05) is 13.0 Å². The van der Waals surface area contributed by atoms with Crippen molar-refractivity contribution in [3.8, 4) is 0 Å². The molecule has 0 radical (unpaired) electrons. The standard InChI is InChI=1S/C11H12N2O/c1-7-4-10-9(6-12-7)5-8(2)13(3)11(10)14/h4,6H,2,5H2,1,3H3. The molecule has 0 aromatic carbocycles. The minimum Gasteiger partial charge on any atom is -0.315 e. The first-order valence-electron chi connectivity index (χ1n) is 4.51. The molecular weight excluding hydrogens is 176 g/mol. The van der Waals surface area contributed by atoms with E-state index in [1.165, 1.54) is 0 Å². The molecule has 0 bridgehead atoms. The molecular formula is C11H12N2O. The summed E-state index contributed by atoms with van der Waals surface area (Å²) in [5.74, 6) is 0.0155. The molecule has 1 aromatic rings. The summed E-state index contributed by atoms with van der Waals surface area (Å²) < 4.78 is 0. The first-order chi connectivity index (χ1) is 6.59. The van der Waals surface area contributed by atoms with Gasteiger partial charge >= 0.3 is 0 Å².